The summed E-state index contributed by atoms with van der Waals surface area (Å²) in [5.74, 6) is -0.378. The van der Waals surface area contributed by atoms with Gasteiger partial charge in [0.15, 0.2) is 18.2 Å². The summed E-state index contributed by atoms with van der Waals surface area (Å²) < 4.78 is 0. The minimum absolute atomic E-state index is 0.262. The number of aldehydes is 1. The Kier molecular flexibility index (Phi) is 4.76. The van der Waals surface area contributed by atoms with Crippen LogP contribution < -0.4 is 0 Å². The van der Waals surface area contributed by atoms with Crippen molar-refractivity contribution in [3.05, 3.63) is 0 Å². The Hall–Kier alpha value is -0.700. The highest BCUT2D eigenvalue weighted by Crippen LogP contribution is 1.97. The summed E-state index contributed by atoms with van der Waals surface area (Å²) in [4.78, 5) is 20.5. The standard InChI is InChI=1S/C7H12O3/c1-2-3-4-6(9)7(10)5-8/h5,7,10H,2-4H2,1H3. The van der Waals surface area contributed by atoms with Crippen molar-refractivity contribution in [2.75, 3.05) is 0 Å². The van der Waals surface area contributed by atoms with Crippen LogP contribution in [0, 0.1) is 0 Å². The SMILES string of the molecule is CCCCC(=O)C(O)C=O. The van der Waals surface area contributed by atoms with Gasteiger partial charge in [-0.05, 0) is 6.42 Å². The number of rotatable bonds is 5. The maximum atomic E-state index is 10.7. The molecular weight excluding hydrogens is 132 g/mol. The van der Waals surface area contributed by atoms with Crippen molar-refractivity contribution in [1.29, 1.82) is 0 Å². The first kappa shape index (κ1) is 9.30. The van der Waals surface area contributed by atoms with Gasteiger partial charge in [-0.3, -0.25) is 9.59 Å². The van der Waals surface area contributed by atoms with E-state index in [9.17, 15) is 9.59 Å². The molecule has 3 heteroatoms. The Morgan fingerprint density at radius 1 is 1.70 bits per heavy atom. The maximum absolute atomic E-state index is 10.7. The average molecular weight is 144 g/mol. The van der Waals surface area contributed by atoms with Gasteiger partial charge in [-0.1, -0.05) is 13.3 Å². The monoisotopic (exact) mass is 144 g/mol. The first-order chi connectivity index (χ1) is 4.72. The smallest absolute Gasteiger partial charge is 0.168 e. The lowest BCUT2D eigenvalue weighted by Crippen LogP contribution is -2.20. The quantitative estimate of drug-likeness (QED) is 0.446. The Bertz CT molecular complexity index is 120. The van der Waals surface area contributed by atoms with Gasteiger partial charge in [0.1, 0.15) is 0 Å². The van der Waals surface area contributed by atoms with Gasteiger partial charge >= 0.3 is 0 Å². The number of hydrogen-bond donors (Lipinski definition) is 1. The molecule has 0 saturated heterocycles. The third-order valence-electron chi connectivity index (χ3n) is 1.24. The third kappa shape index (κ3) is 3.35. The van der Waals surface area contributed by atoms with E-state index >= 15 is 0 Å². The van der Waals surface area contributed by atoms with E-state index in [2.05, 4.69) is 0 Å². The van der Waals surface area contributed by atoms with Crippen molar-refractivity contribution in [2.45, 2.75) is 32.3 Å². The molecule has 0 bridgehead atoms. The van der Waals surface area contributed by atoms with Gasteiger partial charge in [0.2, 0.25) is 0 Å². The van der Waals surface area contributed by atoms with Crippen LogP contribution in [0.4, 0.5) is 0 Å². The van der Waals surface area contributed by atoms with Gasteiger partial charge in [-0.2, -0.15) is 0 Å². The fourth-order valence-electron chi connectivity index (χ4n) is 0.575. The fourth-order valence-corrected chi connectivity index (χ4v) is 0.575. The minimum atomic E-state index is -1.40. The van der Waals surface area contributed by atoms with Gasteiger partial charge in [0.05, 0.1) is 0 Å². The first-order valence-corrected chi connectivity index (χ1v) is 3.38. The Balaban J connectivity index is 3.51. The van der Waals surface area contributed by atoms with Crippen molar-refractivity contribution in [3.63, 3.8) is 0 Å². The molecule has 0 aliphatic heterocycles. The Labute approximate surface area is 60.0 Å². The number of carbonyl (C=O) groups is 2. The second kappa shape index (κ2) is 5.11. The van der Waals surface area contributed by atoms with Crippen LogP contribution in [0.1, 0.15) is 26.2 Å². The van der Waals surface area contributed by atoms with E-state index in [4.69, 9.17) is 5.11 Å². The van der Waals surface area contributed by atoms with Crippen LogP contribution in [-0.2, 0) is 9.59 Å². The van der Waals surface area contributed by atoms with E-state index in [1.165, 1.54) is 0 Å². The second-order valence-electron chi connectivity index (χ2n) is 2.15. The van der Waals surface area contributed by atoms with Gasteiger partial charge in [0.25, 0.3) is 0 Å². The topological polar surface area (TPSA) is 54.4 Å². The average Bonchev–Trinajstić information content (AvgIpc) is 1.98. The number of carbonyl (C=O) groups excluding carboxylic acids is 2. The van der Waals surface area contributed by atoms with Gasteiger partial charge < -0.3 is 5.11 Å². The Morgan fingerprint density at radius 2 is 2.30 bits per heavy atom. The van der Waals surface area contributed by atoms with Crippen molar-refractivity contribution in [2.24, 2.45) is 0 Å². The van der Waals surface area contributed by atoms with Gasteiger partial charge in [-0.15, -0.1) is 0 Å². The lowest BCUT2D eigenvalue weighted by molar-refractivity contribution is -0.132. The third-order valence-corrected chi connectivity index (χ3v) is 1.24. The molecule has 0 radical (unpaired) electrons. The summed E-state index contributed by atoms with van der Waals surface area (Å²) >= 11 is 0. The van der Waals surface area contributed by atoms with Crippen LogP contribution in [0.3, 0.4) is 0 Å². The molecule has 1 atom stereocenters. The molecule has 0 rings (SSSR count). The van der Waals surface area contributed by atoms with Gasteiger partial charge in [-0.25, -0.2) is 0 Å². The molecule has 3 nitrogen and oxygen atoms in total. The van der Waals surface area contributed by atoms with E-state index in [1.54, 1.807) is 0 Å². The van der Waals surface area contributed by atoms with Crippen molar-refractivity contribution in [3.8, 4) is 0 Å². The lowest BCUT2D eigenvalue weighted by atomic mass is 10.1. The van der Waals surface area contributed by atoms with Crippen LogP contribution in [0.15, 0.2) is 0 Å². The lowest BCUT2D eigenvalue weighted by Gasteiger charge is -1.98. The minimum Gasteiger partial charge on any atom is -0.378 e. The number of aliphatic hydroxyl groups excluding tert-OH is 1. The normalized spacial score (nSPS) is 12.6. The highest BCUT2D eigenvalue weighted by molar-refractivity contribution is 5.95. The molecule has 0 aliphatic carbocycles. The maximum Gasteiger partial charge on any atom is 0.168 e. The molecule has 0 spiro atoms. The summed E-state index contributed by atoms with van der Waals surface area (Å²) in [5.41, 5.74) is 0. The second-order valence-corrected chi connectivity index (χ2v) is 2.15. The fraction of sp³-hybridized carbons (Fsp3) is 0.714. The Morgan fingerprint density at radius 3 is 2.70 bits per heavy atom. The predicted octanol–water partition coefficient (Wildman–Crippen LogP) is 0.305. The summed E-state index contributed by atoms with van der Waals surface area (Å²) in [6.45, 7) is 1.95. The zero-order valence-electron chi connectivity index (χ0n) is 6.04. The zero-order valence-corrected chi connectivity index (χ0v) is 6.04. The van der Waals surface area contributed by atoms with Crippen molar-refractivity contribution < 1.29 is 14.7 Å². The molecule has 0 heterocycles. The van der Waals surface area contributed by atoms with Crippen molar-refractivity contribution >= 4 is 12.1 Å². The highest BCUT2D eigenvalue weighted by Gasteiger charge is 2.11. The van der Waals surface area contributed by atoms with Crippen LogP contribution in [0.25, 0.3) is 0 Å². The molecule has 58 valence electrons. The molecule has 0 amide bonds. The zero-order chi connectivity index (χ0) is 7.98. The molecule has 0 aliphatic rings. The number of Topliss-reactive ketones (excluding diaryl/α,β-unsaturated/α-hetero) is 1. The number of hydrogen-bond acceptors (Lipinski definition) is 3. The molecule has 10 heavy (non-hydrogen) atoms. The molecule has 0 aromatic carbocycles. The highest BCUT2D eigenvalue weighted by atomic mass is 16.3. The van der Waals surface area contributed by atoms with E-state index in [0.29, 0.717) is 6.42 Å². The molecule has 0 aromatic heterocycles. The predicted molar refractivity (Wildman–Crippen MR) is 36.6 cm³/mol. The van der Waals surface area contributed by atoms with Crippen LogP contribution >= 0.6 is 0 Å². The first-order valence-electron chi connectivity index (χ1n) is 3.38. The van der Waals surface area contributed by atoms with Crippen molar-refractivity contribution in [1.82, 2.24) is 0 Å². The molecule has 1 unspecified atom stereocenters. The summed E-state index contributed by atoms with van der Waals surface area (Å²) in [6, 6.07) is 0. The molecule has 0 fully saturated rings. The molecule has 0 saturated carbocycles. The van der Waals surface area contributed by atoms with Gasteiger partial charge in [0, 0.05) is 6.42 Å². The van der Waals surface area contributed by atoms with Crippen LogP contribution in [0.5, 0.6) is 0 Å². The van der Waals surface area contributed by atoms with Crippen LogP contribution in [0.2, 0.25) is 0 Å². The van der Waals surface area contributed by atoms with E-state index < -0.39 is 6.10 Å². The summed E-state index contributed by atoms with van der Waals surface area (Å²) in [6.07, 6.45) is 0.807. The summed E-state index contributed by atoms with van der Waals surface area (Å²) in [7, 11) is 0. The number of unbranched alkanes of at least 4 members (excludes halogenated alkanes) is 1. The molecular formula is C7H12O3. The largest absolute Gasteiger partial charge is 0.378 e. The van der Waals surface area contributed by atoms with E-state index in [1.807, 2.05) is 6.92 Å². The van der Waals surface area contributed by atoms with Crippen LogP contribution in [-0.4, -0.2) is 23.3 Å². The number of ketones is 1. The molecule has 0 aromatic rings. The summed E-state index contributed by atoms with van der Waals surface area (Å²) in [5, 5.41) is 8.64. The van der Waals surface area contributed by atoms with E-state index in [-0.39, 0.29) is 12.1 Å². The number of aliphatic hydroxyl groups is 1. The van der Waals surface area contributed by atoms with E-state index in [0.717, 1.165) is 12.8 Å². The molecule has 1 N–H and O–H groups in total.